The molecule has 1 aliphatic carbocycles. The standard InChI is InChI=1S/C11H10ClN3S2/c12-7-2-1-3-8-9(7)14-11(17-8)15-10(16)13-6-4-5-6/h1-3,6H,4-5H2,(H2,13,14,15,16). The van der Waals surface area contributed by atoms with Gasteiger partial charge in [0, 0.05) is 6.04 Å². The fraction of sp³-hybridized carbons (Fsp3) is 0.273. The molecule has 1 heterocycles. The van der Waals surface area contributed by atoms with E-state index in [2.05, 4.69) is 15.6 Å². The van der Waals surface area contributed by atoms with Gasteiger partial charge in [-0.25, -0.2) is 4.98 Å². The summed E-state index contributed by atoms with van der Waals surface area (Å²) in [4.78, 5) is 4.43. The zero-order valence-corrected chi connectivity index (χ0v) is 11.3. The topological polar surface area (TPSA) is 37.0 Å². The molecule has 6 heteroatoms. The molecule has 88 valence electrons. The van der Waals surface area contributed by atoms with Crippen LogP contribution in [0.1, 0.15) is 12.8 Å². The van der Waals surface area contributed by atoms with E-state index in [1.165, 1.54) is 12.8 Å². The maximum atomic E-state index is 6.07. The molecule has 0 saturated heterocycles. The molecule has 0 unspecified atom stereocenters. The first kappa shape index (κ1) is 11.2. The summed E-state index contributed by atoms with van der Waals surface area (Å²) in [5.41, 5.74) is 0.830. The van der Waals surface area contributed by atoms with Crippen LogP contribution in [-0.2, 0) is 0 Å². The quantitative estimate of drug-likeness (QED) is 0.829. The van der Waals surface area contributed by atoms with E-state index in [4.69, 9.17) is 23.8 Å². The minimum Gasteiger partial charge on any atom is -0.360 e. The number of hydrogen-bond acceptors (Lipinski definition) is 3. The van der Waals surface area contributed by atoms with Crippen molar-refractivity contribution in [3.63, 3.8) is 0 Å². The summed E-state index contributed by atoms with van der Waals surface area (Å²) in [5.74, 6) is 0. The first-order valence-corrected chi connectivity index (χ1v) is 6.95. The first-order valence-electron chi connectivity index (χ1n) is 5.35. The summed E-state index contributed by atoms with van der Waals surface area (Å²) in [5, 5.41) is 8.41. The molecule has 0 spiro atoms. The van der Waals surface area contributed by atoms with Crippen molar-refractivity contribution < 1.29 is 0 Å². The maximum Gasteiger partial charge on any atom is 0.190 e. The van der Waals surface area contributed by atoms with Gasteiger partial charge in [0.1, 0.15) is 5.52 Å². The Hall–Kier alpha value is -0.910. The van der Waals surface area contributed by atoms with E-state index >= 15 is 0 Å². The van der Waals surface area contributed by atoms with Crippen LogP contribution >= 0.6 is 35.2 Å². The van der Waals surface area contributed by atoms with Crippen molar-refractivity contribution in [1.82, 2.24) is 10.3 Å². The zero-order valence-electron chi connectivity index (χ0n) is 8.87. The molecule has 2 N–H and O–H groups in total. The Balaban J connectivity index is 1.80. The Morgan fingerprint density at radius 3 is 3.00 bits per heavy atom. The summed E-state index contributed by atoms with van der Waals surface area (Å²) in [7, 11) is 0. The van der Waals surface area contributed by atoms with Gasteiger partial charge in [-0.15, -0.1) is 0 Å². The van der Waals surface area contributed by atoms with Gasteiger partial charge in [0.15, 0.2) is 10.2 Å². The second kappa shape index (κ2) is 4.40. The number of thiocarbonyl (C=S) groups is 1. The maximum absolute atomic E-state index is 6.07. The van der Waals surface area contributed by atoms with Gasteiger partial charge < -0.3 is 10.6 Å². The minimum absolute atomic E-state index is 0.549. The molecule has 0 aliphatic heterocycles. The molecular formula is C11H10ClN3S2. The van der Waals surface area contributed by atoms with Crippen molar-refractivity contribution >= 4 is 55.6 Å². The Kier molecular flexibility index (Phi) is 2.90. The molecule has 0 amide bonds. The number of benzene rings is 1. The fourth-order valence-electron chi connectivity index (χ4n) is 1.51. The normalized spacial score (nSPS) is 14.9. The predicted molar refractivity (Wildman–Crippen MR) is 77.0 cm³/mol. The number of nitrogens with zero attached hydrogens (tertiary/aromatic N) is 1. The number of anilines is 1. The summed E-state index contributed by atoms with van der Waals surface area (Å²) >= 11 is 12.8. The van der Waals surface area contributed by atoms with Crippen LogP contribution in [-0.4, -0.2) is 16.1 Å². The summed E-state index contributed by atoms with van der Waals surface area (Å²) in [6.07, 6.45) is 2.40. The van der Waals surface area contributed by atoms with E-state index in [0.717, 1.165) is 15.3 Å². The van der Waals surface area contributed by atoms with Crippen LogP contribution in [0.2, 0.25) is 5.02 Å². The average molecular weight is 284 g/mol. The minimum atomic E-state index is 0.549. The zero-order chi connectivity index (χ0) is 11.8. The molecule has 2 aromatic rings. The lowest BCUT2D eigenvalue weighted by atomic mass is 10.3. The van der Waals surface area contributed by atoms with Gasteiger partial charge in [-0.3, -0.25) is 0 Å². The highest BCUT2D eigenvalue weighted by atomic mass is 35.5. The van der Waals surface area contributed by atoms with Gasteiger partial charge in [-0.1, -0.05) is 29.0 Å². The summed E-state index contributed by atoms with van der Waals surface area (Å²) in [6, 6.07) is 6.32. The van der Waals surface area contributed by atoms with Gasteiger partial charge >= 0.3 is 0 Å². The molecule has 1 aromatic carbocycles. The van der Waals surface area contributed by atoms with Crippen molar-refractivity contribution in [1.29, 1.82) is 0 Å². The van der Waals surface area contributed by atoms with Gasteiger partial charge in [0.25, 0.3) is 0 Å². The molecule has 0 atom stereocenters. The molecule has 1 saturated carbocycles. The molecule has 1 aromatic heterocycles. The molecule has 1 fully saturated rings. The largest absolute Gasteiger partial charge is 0.360 e. The number of aromatic nitrogens is 1. The molecular weight excluding hydrogens is 274 g/mol. The lowest BCUT2D eigenvalue weighted by molar-refractivity contribution is 0.919. The smallest absolute Gasteiger partial charge is 0.190 e. The number of fused-ring (bicyclic) bond motifs is 1. The number of nitrogens with one attached hydrogen (secondary N) is 2. The third-order valence-electron chi connectivity index (χ3n) is 2.50. The van der Waals surface area contributed by atoms with Crippen molar-refractivity contribution in [3.05, 3.63) is 23.2 Å². The van der Waals surface area contributed by atoms with E-state index in [-0.39, 0.29) is 0 Å². The Bertz CT molecular complexity index is 577. The lowest BCUT2D eigenvalue weighted by Crippen LogP contribution is -2.29. The third-order valence-corrected chi connectivity index (χ3v) is 3.96. The van der Waals surface area contributed by atoms with Crippen LogP contribution < -0.4 is 10.6 Å². The Labute approximate surface area is 113 Å². The molecule has 0 radical (unpaired) electrons. The van der Waals surface area contributed by atoms with Crippen molar-refractivity contribution in [2.24, 2.45) is 0 Å². The van der Waals surface area contributed by atoms with Gasteiger partial charge in [0.05, 0.1) is 9.72 Å². The Morgan fingerprint density at radius 2 is 2.29 bits per heavy atom. The van der Waals surface area contributed by atoms with Crippen LogP contribution in [0.25, 0.3) is 10.2 Å². The van der Waals surface area contributed by atoms with Gasteiger partial charge in [-0.2, -0.15) is 0 Å². The van der Waals surface area contributed by atoms with Gasteiger partial charge in [-0.05, 0) is 37.2 Å². The second-order valence-electron chi connectivity index (χ2n) is 3.98. The van der Waals surface area contributed by atoms with Crippen LogP contribution in [0, 0.1) is 0 Å². The molecule has 1 aliphatic rings. The average Bonchev–Trinajstić information content (AvgIpc) is 2.97. The van der Waals surface area contributed by atoms with E-state index in [0.29, 0.717) is 16.2 Å². The second-order valence-corrected chi connectivity index (χ2v) is 5.82. The third kappa shape index (κ3) is 2.51. The summed E-state index contributed by atoms with van der Waals surface area (Å²) in [6.45, 7) is 0. The van der Waals surface area contributed by atoms with E-state index < -0.39 is 0 Å². The predicted octanol–water partition coefficient (Wildman–Crippen LogP) is 3.40. The Morgan fingerprint density at radius 1 is 1.47 bits per heavy atom. The fourth-order valence-corrected chi connectivity index (χ4v) is 3.01. The number of hydrogen-bond donors (Lipinski definition) is 2. The van der Waals surface area contributed by atoms with Crippen LogP contribution in [0.3, 0.4) is 0 Å². The van der Waals surface area contributed by atoms with Crippen molar-refractivity contribution in [2.75, 3.05) is 5.32 Å². The summed E-state index contributed by atoms with van der Waals surface area (Å²) < 4.78 is 1.06. The highest BCUT2D eigenvalue weighted by Crippen LogP contribution is 2.30. The van der Waals surface area contributed by atoms with Crippen LogP contribution in [0.15, 0.2) is 18.2 Å². The number of halogens is 1. The van der Waals surface area contributed by atoms with Crippen molar-refractivity contribution in [3.8, 4) is 0 Å². The molecule has 17 heavy (non-hydrogen) atoms. The number of para-hydroxylation sites is 1. The monoisotopic (exact) mass is 283 g/mol. The SMILES string of the molecule is S=C(Nc1nc2c(Cl)cccc2s1)NC1CC1. The highest BCUT2D eigenvalue weighted by molar-refractivity contribution is 7.80. The van der Waals surface area contributed by atoms with E-state index in [9.17, 15) is 0 Å². The van der Waals surface area contributed by atoms with Crippen LogP contribution in [0.4, 0.5) is 5.13 Å². The molecule has 3 nitrogen and oxygen atoms in total. The van der Waals surface area contributed by atoms with Crippen LogP contribution in [0.5, 0.6) is 0 Å². The highest BCUT2D eigenvalue weighted by Gasteiger charge is 2.22. The number of rotatable bonds is 2. The molecule has 0 bridgehead atoms. The van der Waals surface area contributed by atoms with E-state index in [1.54, 1.807) is 11.3 Å². The van der Waals surface area contributed by atoms with Gasteiger partial charge in [0.2, 0.25) is 0 Å². The number of thiazole rings is 1. The van der Waals surface area contributed by atoms with Crippen molar-refractivity contribution in [2.45, 2.75) is 18.9 Å². The first-order chi connectivity index (χ1) is 8.22. The lowest BCUT2D eigenvalue weighted by Gasteiger charge is -2.05. The van der Waals surface area contributed by atoms with E-state index in [1.807, 2.05) is 18.2 Å². The molecule has 3 rings (SSSR count).